The molecule has 0 amide bonds. The summed E-state index contributed by atoms with van der Waals surface area (Å²) in [4.78, 5) is 0. The summed E-state index contributed by atoms with van der Waals surface area (Å²) < 4.78 is 2.29. The van der Waals surface area contributed by atoms with Crippen molar-refractivity contribution in [2.45, 2.75) is 45.1 Å². The van der Waals surface area contributed by atoms with Crippen molar-refractivity contribution in [1.82, 2.24) is 0 Å². The van der Waals surface area contributed by atoms with E-state index in [1.165, 1.54) is 37.8 Å². The fourth-order valence-corrected chi connectivity index (χ4v) is 3.93. The van der Waals surface area contributed by atoms with Gasteiger partial charge in [-0.2, -0.15) is 0 Å². The lowest BCUT2D eigenvalue weighted by molar-refractivity contribution is 0.317. The quantitative estimate of drug-likeness (QED) is 0.740. The molecule has 1 aliphatic carbocycles. The molecule has 3 heteroatoms. The molecule has 0 aliphatic heterocycles. The summed E-state index contributed by atoms with van der Waals surface area (Å²) in [5.41, 5.74) is 1.21. The Hall–Kier alpha value is -0.0200. The maximum atomic E-state index is 3.72. The van der Waals surface area contributed by atoms with Crippen molar-refractivity contribution in [3.8, 4) is 0 Å². The smallest absolute Gasteiger partial charge is 0.0631 e. The van der Waals surface area contributed by atoms with Crippen LogP contribution in [0.15, 0.2) is 27.1 Å². The number of hydrogen-bond donors (Lipinski definition) is 1. The van der Waals surface area contributed by atoms with Gasteiger partial charge in [-0.25, -0.2) is 0 Å². The highest BCUT2D eigenvalue weighted by atomic mass is 79.9. The molecular weight excluding hydrogens is 342 g/mol. The van der Waals surface area contributed by atoms with Crippen LogP contribution in [0.2, 0.25) is 0 Å². The molecule has 0 bridgehead atoms. The third-order valence-electron chi connectivity index (χ3n) is 3.73. The van der Waals surface area contributed by atoms with Gasteiger partial charge in [0, 0.05) is 15.0 Å². The van der Waals surface area contributed by atoms with Crippen LogP contribution in [0, 0.1) is 5.92 Å². The van der Waals surface area contributed by atoms with Crippen molar-refractivity contribution in [3.05, 3.63) is 27.1 Å². The molecule has 0 saturated heterocycles. The highest BCUT2D eigenvalue weighted by molar-refractivity contribution is 9.11. The van der Waals surface area contributed by atoms with Gasteiger partial charge >= 0.3 is 0 Å². The van der Waals surface area contributed by atoms with Gasteiger partial charge in [0.15, 0.2) is 0 Å². The third kappa shape index (κ3) is 3.25. The maximum absolute atomic E-state index is 3.72. The molecule has 0 radical (unpaired) electrons. The Balaban J connectivity index is 2.13. The summed E-state index contributed by atoms with van der Waals surface area (Å²) in [5.74, 6) is 0.822. The highest BCUT2D eigenvalue weighted by Crippen LogP contribution is 2.35. The lowest BCUT2D eigenvalue weighted by Crippen LogP contribution is -2.32. The van der Waals surface area contributed by atoms with Crippen molar-refractivity contribution < 1.29 is 0 Å². The molecule has 17 heavy (non-hydrogen) atoms. The molecule has 0 heterocycles. The van der Waals surface area contributed by atoms with E-state index in [4.69, 9.17) is 0 Å². The van der Waals surface area contributed by atoms with Crippen LogP contribution in [-0.4, -0.2) is 6.04 Å². The summed E-state index contributed by atoms with van der Waals surface area (Å²) in [5, 5.41) is 3.72. The SMILES string of the molecule is CCC1CCCCC1Nc1c(Br)cccc1Br. The van der Waals surface area contributed by atoms with Crippen LogP contribution in [0.3, 0.4) is 0 Å². The molecule has 1 saturated carbocycles. The first-order chi connectivity index (χ1) is 8.22. The van der Waals surface area contributed by atoms with Gasteiger partial charge in [0.2, 0.25) is 0 Å². The van der Waals surface area contributed by atoms with E-state index in [9.17, 15) is 0 Å². The van der Waals surface area contributed by atoms with Gasteiger partial charge < -0.3 is 5.32 Å². The zero-order valence-electron chi connectivity index (χ0n) is 10.2. The minimum absolute atomic E-state index is 0.628. The van der Waals surface area contributed by atoms with Gasteiger partial charge in [-0.15, -0.1) is 0 Å². The first kappa shape index (κ1) is 13.4. The summed E-state index contributed by atoms with van der Waals surface area (Å²) in [6.45, 7) is 2.31. The topological polar surface area (TPSA) is 12.0 Å². The van der Waals surface area contributed by atoms with Crippen molar-refractivity contribution in [2.24, 2.45) is 5.92 Å². The van der Waals surface area contributed by atoms with E-state index in [2.05, 4.69) is 62.3 Å². The maximum Gasteiger partial charge on any atom is 0.0631 e. The molecule has 94 valence electrons. The second-order valence-corrected chi connectivity index (χ2v) is 6.51. The molecule has 1 aromatic carbocycles. The zero-order chi connectivity index (χ0) is 12.3. The van der Waals surface area contributed by atoms with Crippen LogP contribution in [-0.2, 0) is 0 Å². The minimum atomic E-state index is 0.628. The number of benzene rings is 1. The second kappa shape index (κ2) is 6.24. The van der Waals surface area contributed by atoms with Crippen molar-refractivity contribution in [3.63, 3.8) is 0 Å². The molecule has 2 rings (SSSR count). The van der Waals surface area contributed by atoms with Crippen molar-refractivity contribution in [2.75, 3.05) is 5.32 Å². The van der Waals surface area contributed by atoms with Crippen LogP contribution in [0.4, 0.5) is 5.69 Å². The Morgan fingerprint density at radius 3 is 2.47 bits per heavy atom. The number of para-hydroxylation sites is 1. The average molecular weight is 361 g/mol. The normalized spacial score (nSPS) is 24.6. The average Bonchev–Trinajstić information content (AvgIpc) is 2.34. The monoisotopic (exact) mass is 359 g/mol. The standard InChI is InChI=1S/C14H19Br2N/c1-2-10-6-3-4-9-13(10)17-14-11(15)7-5-8-12(14)16/h5,7-8,10,13,17H,2-4,6,9H2,1H3. The van der Waals surface area contributed by atoms with Gasteiger partial charge in [-0.05, 0) is 62.8 Å². The molecule has 0 spiro atoms. The lowest BCUT2D eigenvalue weighted by atomic mass is 9.83. The van der Waals surface area contributed by atoms with E-state index in [-0.39, 0.29) is 0 Å². The van der Waals surface area contributed by atoms with E-state index >= 15 is 0 Å². The molecule has 1 nitrogen and oxygen atoms in total. The van der Waals surface area contributed by atoms with Gasteiger partial charge in [-0.1, -0.05) is 32.3 Å². The number of rotatable bonds is 3. The molecular formula is C14H19Br2N. The van der Waals surface area contributed by atoms with Crippen LogP contribution in [0.1, 0.15) is 39.0 Å². The molecule has 1 aromatic rings. The Morgan fingerprint density at radius 1 is 1.18 bits per heavy atom. The van der Waals surface area contributed by atoms with E-state index in [0.717, 1.165) is 14.9 Å². The molecule has 1 aliphatic rings. The first-order valence-corrected chi connectivity index (χ1v) is 8.01. The molecule has 0 aromatic heterocycles. The Kier molecular flexibility index (Phi) is 4.92. The van der Waals surface area contributed by atoms with Gasteiger partial charge in [-0.3, -0.25) is 0 Å². The van der Waals surface area contributed by atoms with Crippen LogP contribution >= 0.6 is 31.9 Å². The van der Waals surface area contributed by atoms with E-state index in [1.807, 2.05) is 0 Å². The summed E-state index contributed by atoms with van der Waals surface area (Å²) in [6.07, 6.45) is 6.70. The number of nitrogens with one attached hydrogen (secondary N) is 1. The molecule has 1 N–H and O–H groups in total. The fourth-order valence-electron chi connectivity index (χ4n) is 2.71. The van der Waals surface area contributed by atoms with E-state index < -0.39 is 0 Å². The number of halogens is 2. The predicted octanol–water partition coefficient (Wildman–Crippen LogP) is 5.59. The Bertz CT molecular complexity index is 358. The van der Waals surface area contributed by atoms with Crippen molar-refractivity contribution >= 4 is 37.5 Å². The number of anilines is 1. The van der Waals surface area contributed by atoms with Crippen LogP contribution in [0.25, 0.3) is 0 Å². The first-order valence-electron chi connectivity index (χ1n) is 6.43. The molecule has 2 atom stereocenters. The Morgan fingerprint density at radius 2 is 1.82 bits per heavy atom. The largest absolute Gasteiger partial charge is 0.380 e. The van der Waals surface area contributed by atoms with Crippen LogP contribution in [0.5, 0.6) is 0 Å². The molecule has 1 fully saturated rings. The fraction of sp³-hybridized carbons (Fsp3) is 0.571. The van der Waals surface area contributed by atoms with Gasteiger partial charge in [0.25, 0.3) is 0 Å². The van der Waals surface area contributed by atoms with E-state index in [0.29, 0.717) is 6.04 Å². The van der Waals surface area contributed by atoms with Crippen molar-refractivity contribution in [1.29, 1.82) is 0 Å². The predicted molar refractivity (Wildman–Crippen MR) is 81.5 cm³/mol. The van der Waals surface area contributed by atoms with Gasteiger partial charge in [0.05, 0.1) is 5.69 Å². The third-order valence-corrected chi connectivity index (χ3v) is 5.05. The summed E-state index contributed by atoms with van der Waals surface area (Å²) in [7, 11) is 0. The highest BCUT2D eigenvalue weighted by Gasteiger charge is 2.24. The Labute approximate surface area is 121 Å². The minimum Gasteiger partial charge on any atom is -0.380 e. The second-order valence-electron chi connectivity index (χ2n) is 4.80. The lowest BCUT2D eigenvalue weighted by Gasteiger charge is -2.33. The summed E-state index contributed by atoms with van der Waals surface area (Å²) >= 11 is 7.25. The van der Waals surface area contributed by atoms with Crippen LogP contribution < -0.4 is 5.32 Å². The summed E-state index contributed by atoms with van der Waals surface area (Å²) in [6, 6.07) is 6.87. The van der Waals surface area contributed by atoms with E-state index in [1.54, 1.807) is 0 Å². The number of hydrogen-bond acceptors (Lipinski definition) is 1. The molecule has 2 unspecified atom stereocenters. The van der Waals surface area contributed by atoms with Gasteiger partial charge in [0.1, 0.15) is 0 Å². The zero-order valence-corrected chi connectivity index (χ0v) is 13.4.